The molecule has 1 saturated heterocycles. The summed E-state index contributed by atoms with van der Waals surface area (Å²) in [5.74, 6) is -2.30. The minimum atomic E-state index is -4.42. The molecular weight excluding hydrogens is 221 g/mol. The van der Waals surface area contributed by atoms with Crippen LogP contribution in [0, 0.1) is 0 Å². The first kappa shape index (κ1) is 13.8. The molecule has 5 heteroatoms. The number of halogens is 3. The molecule has 0 bridgehead atoms. The van der Waals surface area contributed by atoms with Gasteiger partial charge in [-0.25, -0.2) is 0 Å². The smallest absolute Gasteiger partial charge is 0.341 e. The Hall–Kier alpha value is -0.290. The van der Waals surface area contributed by atoms with Gasteiger partial charge >= 0.3 is 6.18 Å². The van der Waals surface area contributed by atoms with Crippen molar-refractivity contribution in [2.75, 3.05) is 6.61 Å². The van der Waals surface area contributed by atoms with Gasteiger partial charge < -0.3 is 9.47 Å². The fourth-order valence-electron chi connectivity index (χ4n) is 1.86. The number of hydrogen-bond acceptors (Lipinski definition) is 2. The van der Waals surface area contributed by atoms with Crippen LogP contribution in [0.1, 0.15) is 46.0 Å². The van der Waals surface area contributed by atoms with E-state index in [1.165, 1.54) is 0 Å². The quantitative estimate of drug-likeness (QED) is 0.500. The second kappa shape index (κ2) is 5.36. The summed E-state index contributed by atoms with van der Waals surface area (Å²) in [5.41, 5.74) is 0. The summed E-state index contributed by atoms with van der Waals surface area (Å²) >= 11 is 0. The van der Waals surface area contributed by atoms with Crippen LogP contribution in [0.15, 0.2) is 0 Å². The molecule has 0 saturated carbocycles. The van der Waals surface area contributed by atoms with E-state index < -0.39 is 18.1 Å². The molecule has 0 N–H and O–H groups in total. The normalized spacial score (nSPS) is 29.4. The third-order valence-corrected chi connectivity index (χ3v) is 2.76. The van der Waals surface area contributed by atoms with Crippen molar-refractivity contribution >= 4 is 0 Å². The van der Waals surface area contributed by atoms with Crippen molar-refractivity contribution in [1.29, 1.82) is 0 Å². The zero-order valence-electron chi connectivity index (χ0n) is 9.77. The molecule has 96 valence electrons. The minimum Gasteiger partial charge on any atom is -0.341 e. The Morgan fingerprint density at radius 2 is 1.88 bits per heavy atom. The lowest BCUT2D eigenvalue weighted by molar-refractivity contribution is -0.270. The SMILES string of the molecule is CCCCCC[C@@H]1O[C@@]1(OCC)C(F)(F)F. The van der Waals surface area contributed by atoms with Crippen molar-refractivity contribution in [3.8, 4) is 0 Å². The third kappa shape index (κ3) is 2.88. The van der Waals surface area contributed by atoms with Gasteiger partial charge in [-0.05, 0) is 13.3 Å². The molecule has 1 aliphatic heterocycles. The van der Waals surface area contributed by atoms with Crippen LogP contribution in [0.3, 0.4) is 0 Å². The summed E-state index contributed by atoms with van der Waals surface area (Å²) in [6.45, 7) is 3.63. The van der Waals surface area contributed by atoms with Crippen LogP contribution in [0.5, 0.6) is 0 Å². The topological polar surface area (TPSA) is 21.8 Å². The Morgan fingerprint density at radius 1 is 1.19 bits per heavy atom. The van der Waals surface area contributed by atoms with Crippen LogP contribution < -0.4 is 0 Å². The first-order valence-electron chi connectivity index (χ1n) is 5.86. The lowest BCUT2D eigenvalue weighted by Gasteiger charge is -2.16. The number of ether oxygens (including phenoxy) is 2. The van der Waals surface area contributed by atoms with Gasteiger partial charge in [0.2, 0.25) is 0 Å². The molecule has 0 aromatic heterocycles. The van der Waals surface area contributed by atoms with Crippen molar-refractivity contribution < 1.29 is 22.6 Å². The maximum absolute atomic E-state index is 12.7. The van der Waals surface area contributed by atoms with E-state index in [-0.39, 0.29) is 6.61 Å². The number of hydrogen-bond donors (Lipinski definition) is 0. The number of alkyl halides is 3. The van der Waals surface area contributed by atoms with Gasteiger partial charge in [-0.3, -0.25) is 0 Å². The molecule has 1 fully saturated rings. The number of unbranched alkanes of at least 4 members (excludes halogenated alkanes) is 3. The summed E-state index contributed by atoms with van der Waals surface area (Å²) in [7, 11) is 0. The van der Waals surface area contributed by atoms with Crippen LogP contribution in [0.4, 0.5) is 13.2 Å². The molecule has 0 aromatic rings. The molecule has 0 amide bonds. The fraction of sp³-hybridized carbons (Fsp3) is 1.00. The Balaban J connectivity index is 2.35. The number of rotatable bonds is 7. The van der Waals surface area contributed by atoms with Crippen molar-refractivity contribution in [2.24, 2.45) is 0 Å². The predicted molar refractivity (Wildman–Crippen MR) is 54.0 cm³/mol. The molecule has 0 unspecified atom stereocenters. The third-order valence-electron chi connectivity index (χ3n) is 2.76. The van der Waals surface area contributed by atoms with Crippen molar-refractivity contribution in [2.45, 2.75) is 64.0 Å². The molecule has 0 spiro atoms. The Morgan fingerprint density at radius 3 is 2.38 bits per heavy atom. The van der Waals surface area contributed by atoms with Gasteiger partial charge in [0.25, 0.3) is 5.79 Å². The monoisotopic (exact) mass is 240 g/mol. The minimum absolute atomic E-state index is 0.0188. The largest absolute Gasteiger partial charge is 0.446 e. The summed E-state index contributed by atoms with van der Waals surface area (Å²) in [6.07, 6.45) is -0.941. The molecule has 0 aliphatic carbocycles. The second-order valence-electron chi connectivity index (χ2n) is 4.05. The molecule has 1 heterocycles. The molecule has 16 heavy (non-hydrogen) atoms. The maximum atomic E-state index is 12.7. The van der Waals surface area contributed by atoms with Crippen molar-refractivity contribution in [3.05, 3.63) is 0 Å². The van der Waals surface area contributed by atoms with Gasteiger partial charge in [-0.1, -0.05) is 32.6 Å². The molecule has 1 aliphatic rings. The summed E-state index contributed by atoms with van der Waals surface area (Å²) < 4.78 is 47.4. The molecule has 2 nitrogen and oxygen atoms in total. The maximum Gasteiger partial charge on any atom is 0.446 e. The highest BCUT2D eigenvalue weighted by Gasteiger charge is 2.74. The van der Waals surface area contributed by atoms with E-state index in [1.54, 1.807) is 6.92 Å². The summed E-state index contributed by atoms with van der Waals surface area (Å²) in [5, 5.41) is 0. The Labute approximate surface area is 94.1 Å². The first-order valence-corrected chi connectivity index (χ1v) is 5.86. The van der Waals surface area contributed by atoms with E-state index in [0.717, 1.165) is 25.7 Å². The molecule has 0 radical (unpaired) electrons. The molecule has 2 atom stereocenters. The van der Waals surface area contributed by atoms with Crippen LogP contribution >= 0.6 is 0 Å². The van der Waals surface area contributed by atoms with Gasteiger partial charge in [0.15, 0.2) is 0 Å². The second-order valence-corrected chi connectivity index (χ2v) is 4.05. The van der Waals surface area contributed by atoms with Gasteiger partial charge in [0.05, 0.1) is 0 Å². The predicted octanol–water partition coefficient (Wildman–Crippen LogP) is 3.65. The molecule has 1 rings (SSSR count). The average Bonchev–Trinajstić information content (AvgIpc) is 2.88. The standard InChI is InChI=1S/C11H19F3O2/c1-3-5-6-7-8-9-10(16-9,15-4-2)11(12,13)14/h9H,3-8H2,1-2H3/t9-,10+/m0/s1. The van der Waals surface area contributed by atoms with E-state index >= 15 is 0 Å². The summed E-state index contributed by atoms with van der Waals surface area (Å²) in [6, 6.07) is 0. The number of epoxide rings is 1. The van der Waals surface area contributed by atoms with Crippen LogP contribution in [-0.4, -0.2) is 24.7 Å². The zero-order chi connectivity index (χ0) is 12.2. The lowest BCUT2D eigenvalue weighted by atomic mass is 10.1. The average molecular weight is 240 g/mol. The van der Waals surface area contributed by atoms with E-state index in [9.17, 15) is 13.2 Å². The van der Waals surface area contributed by atoms with Gasteiger partial charge in [-0.2, -0.15) is 13.2 Å². The highest BCUT2D eigenvalue weighted by atomic mass is 19.4. The van der Waals surface area contributed by atoms with Crippen LogP contribution in [-0.2, 0) is 9.47 Å². The summed E-state index contributed by atoms with van der Waals surface area (Å²) in [4.78, 5) is 0. The van der Waals surface area contributed by atoms with E-state index in [4.69, 9.17) is 9.47 Å². The highest BCUT2D eigenvalue weighted by molar-refractivity contribution is 5.00. The van der Waals surface area contributed by atoms with E-state index in [0.29, 0.717) is 6.42 Å². The van der Waals surface area contributed by atoms with E-state index in [1.807, 2.05) is 0 Å². The van der Waals surface area contributed by atoms with Gasteiger partial charge in [0.1, 0.15) is 6.10 Å². The Bertz CT molecular complexity index is 218. The van der Waals surface area contributed by atoms with Gasteiger partial charge in [0, 0.05) is 6.61 Å². The van der Waals surface area contributed by atoms with Crippen LogP contribution in [0.25, 0.3) is 0 Å². The fourth-order valence-corrected chi connectivity index (χ4v) is 1.86. The van der Waals surface area contributed by atoms with E-state index in [2.05, 4.69) is 6.92 Å². The zero-order valence-corrected chi connectivity index (χ0v) is 9.77. The van der Waals surface area contributed by atoms with Crippen molar-refractivity contribution in [3.63, 3.8) is 0 Å². The Kier molecular flexibility index (Phi) is 4.62. The van der Waals surface area contributed by atoms with Crippen LogP contribution in [0.2, 0.25) is 0 Å². The van der Waals surface area contributed by atoms with Gasteiger partial charge in [-0.15, -0.1) is 0 Å². The lowest BCUT2D eigenvalue weighted by Crippen LogP contribution is -2.38. The molecular formula is C11H19F3O2. The highest BCUT2D eigenvalue weighted by Crippen LogP contribution is 2.52. The first-order chi connectivity index (χ1) is 7.48. The molecule has 0 aromatic carbocycles. The van der Waals surface area contributed by atoms with Crippen molar-refractivity contribution in [1.82, 2.24) is 0 Å².